The molecule has 1 aromatic heterocycles. The lowest BCUT2D eigenvalue weighted by atomic mass is 10.0. The van der Waals surface area contributed by atoms with Crippen molar-refractivity contribution in [3.8, 4) is 0 Å². The summed E-state index contributed by atoms with van der Waals surface area (Å²) in [6, 6.07) is 2.11. The predicted molar refractivity (Wildman–Crippen MR) is 70.0 cm³/mol. The molecular weight excluding hydrogens is 218 g/mol. The first-order valence-electron chi connectivity index (χ1n) is 5.88. The normalized spacial score (nSPS) is 16.6. The Kier molecular flexibility index (Phi) is 4.04. The van der Waals surface area contributed by atoms with Gasteiger partial charge in [0.2, 0.25) is 0 Å². The molecule has 1 fully saturated rings. The summed E-state index contributed by atoms with van der Waals surface area (Å²) in [4.78, 5) is 9.15. The van der Waals surface area contributed by atoms with Crippen LogP contribution in [-0.4, -0.2) is 23.3 Å². The third kappa shape index (κ3) is 2.67. The van der Waals surface area contributed by atoms with Gasteiger partial charge >= 0.3 is 0 Å². The van der Waals surface area contributed by atoms with Gasteiger partial charge in [-0.25, -0.2) is 9.97 Å². The fraction of sp³-hybridized carbons (Fsp3) is 0.667. The zero-order chi connectivity index (χ0) is 11.4. The molecule has 1 N–H and O–H groups in total. The van der Waals surface area contributed by atoms with E-state index < -0.39 is 0 Å². The Labute approximate surface area is 101 Å². The van der Waals surface area contributed by atoms with Gasteiger partial charge in [-0.2, -0.15) is 11.8 Å². The molecule has 0 atom stereocenters. The minimum absolute atomic E-state index is 0.663. The molecule has 0 spiro atoms. The van der Waals surface area contributed by atoms with Gasteiger partial charge in [0.15, 0.2) is 0 Å². The summed E-state index contributed by atoms with van der Waals surface area (Å²) in [5.74, 6) is 3.48. The van der Waals surface area contributed by atoms with Crippen molar-refractivity contribution in [1.82, 2.24) is 9.97 Å². The predicted octanol–water partition coefficient (Wildman–Crippen LogP) is 3.04. The minimum Gasteiger partial charge on any atom is -0.373 e. The van der Waals surface area contributed by atoms with Crippen LogP contribution in [0.5, 0.6) is 0 Å². The summed E-state index contributed by atoms with van der Waals surface area (Å²) in [5, 5.41) is 3.13. The lowest BCUT2D eigenvalue weighted by Gasteiger charge is -2.11. The Bertz CT molecular complexity index is 348. The summed E-state index contributed by atoms with van der Waals surface area (Å²) in [5.41, 5.74) is 1.24. The summed E-state index contributed by atoms with van der Waals surface area (Å²) in [6.07, 6.45) is 7.37. The molecule has 16 heavy (non-hydrogen) atoms. The first-order valence-corrected chi connectivity index (χ1v) is 7.27. The number of hydrogen-bond acceptors (Lipinski definition) is 4. The topological polar surface area (TPSA) is 37.8 Å². The highest BCUT2D eigenvalue weighted by Gasteiger charge is 2.19. The molecule has 0 aromatic carbocycles. The molecule has 1 heterocycles. The zero-order valence-corrected chi connectivity index (χ0v) is 10.8. The fourth-order valence-electron chi connectivity index (χ4n) is 2.27. The van der Waals surface area contributed by atoms with Crippen LogP contribution in [0.3, 0.4) is 0 Å². The molecular formula is C12H19N3S. The number of rotatable bonds is 4. The molecule has 1 aliphatic rings. The Morgan fingerprint density at radius 3 is 2.75 bits per heavy atom. The molecule has 3 nitrogen and oxygen atoms in total. The summed E-state index contributed by atoms with van der Waals surface area (Å²) < 4.78 is 0. The molecule has 0 saturated heterocycles. The minimum atomic E-state index is 0.663. The monoisotopic (exact) mass is 237 g/mol. The molecule has 88 valence electrons. The van der Waals surface area contributed by atoms with Crippen molar-refractivity contribution >= 4 is 17.6 Å². The number of hydrogen-bond donors (Lipinski definition) is 1. The van der Waals surface area contributed by atoms with E-state index in [0.717, 1.165) is 17.4 Å². The van der Waals surface area contributed by atoms with Crippen LogP contribution in [0, 0.1) is 0 Å². The Hall–Kier alpha value is -0.770. The first kappa shape index (κ1) is 11.7. The first-order chi connectivity index (χ1) is 7.83. The van der Waals surface area contributed by atoms with E-state index in [1.165, 1.54) is 31.4 Å². The Morgan fingerprint density at radius 2 is 2.12 bits per heavy atom. The van der Waals surface area contributed by atoms with Crippen LogP contribution in [0.4, 0.5) is 5.82 Å². The van der Waals surface area contributed by atoms with Crippen molar-refractivity contribution in [2.45, 2.75) is 37.4 Å². The Balaban J connectivity index is 2.24. The average molecular weight is 237 g/mol. The van der Waals surface area contributed by atoms with Crippen molar-refractivity contribution in [3.05, 3.63) is 17.6 Å². The standard InChI is InChI=1S/C12H19N3S/c1-13-11-7-10(9-5-3-4-6-9)14-12(15-11)8-16-2/h7,9H,3-6,8H2,1-2H3,(H,13,14,15). The second-order valence-corrected chi connectivity index (χ2v) is 5.12. The van der Waals surface area contributed by atoms with Crippen LogP contribution in [0.1, 0.15) is 43.1 Å². The lowest BCUT2D eigenvalue weighted by Crippen LogP contribution is -2.05. The summed E-state index contributed by atoms with van der Waals surface area (Å²) in [6.45, 7) is 0. The van der Waals surface area contributed by atoms with E-state index in [0.29, 0.717) is 5.92 Å². The van der Waals surface area contributed by atoms with Gasteiger partial charge in [-0.3, -0.25) is 0 Å². The van der Waals surface area contributed by atoms with E-state index in [1.54, 1.807) is 11.8 Å². The lowest BCUT2D eigenvalue weighted by molar-refractivity contribution is 0.689. The maximum atomic E-state index is 4.68. The molecule has 1 saturated carbocycles. The smallest absolute Gasteiger partial charge is 0.140 e. The highest BCUT2D eigenvalue weighted by Crippen LogP contribution is 2.33. The van der Waals surface area contributed by atoms with E-state index >= 15 is 0 Å². The van der Waals surface area contributed by atoms with E-state index in [4.69, 9.17) is 0 Å². The fourth-order valence-corrected chi connectivity index (χ4v) is 2.66. The molecule has 0 amide bonds. The van der Waals surface area contributed by atoms with Crippen LogP contribution in [0.15, 0.2) is 6.07 Å². The van der Waals surface area contributed by atoms with Crippen LogP contribution in [0.25, 0.3) is 0 Å². The van der Waals surface area contributed by atoms with Gasteiger partial charge in [-0.1, -0.05) is 12.8 Å². The summed E-state index contributed by atoms with van der Waals surface area (Å²) in [7, 11) is 1.92. The van der Waals surface area contributed by atoms with E-state index in [1.807, 2.05) is 7.05 Å². The average Bonchev–Trinajstić information content (AvgIpc) is 2.82. The van der Waals surface area contributed by atoms with Gasteiger partial charge in [0.05, 0.1) is 5.75 Å². The molecule has 1 aliphatic carbocycles. The van der Waals surface area contributed by atoms with Crippen molar-refractivity contribution in [2.24, 2.45) is 0 Å². The van der Waals surface area contributed by atoms with Gasteiger partial charge in [-0.05, 0) is 19.1 Å². The number of anilines is 1. The molecule has 0 bridgehead atoms. The van der Waals surface area contributed by atoms with Crippen molar-refractivity contribution < 1.29 is 0 Å². The molecule has 0 unspecified atom stereocenters. The van der Waals surface area contributed by atoms with Crippen LogP contribution in [0.2, 0.25) is 0 Å². The molecule has 0 radical (unpaired) electrons. The van der Waals surface area contributed by atoms with Gasteiger partial charge in [-0.15, -0.1) is 0 Å². The number of nitrogens with zero attached hydrogens (tertiary/aromatic N) is 2. The molecule has 2 rings (SSSR count). The van der Waals surface area contributed by atoms with Crippen molar-refractivity contribution in [1.29, 1.82) is 0 Å². The molecule has 0 aliphatic heterocycles. The Morgan fingerprint density at radius 1 is 1.38 bits per heavy atom. The highest BCUT2D eigenvalue weighted by atomic mass is 32.2. The van der Waals surface area contributed by atoms with Crippen LogP contribution >= 0.6 is 11.8 Å². The maximum absolute atomic E-state index is 4.68. The second-order valence-electron chi connectivity index (χ2n) is 4.26. The molecule has 1 aromatic rings. The van der Waals surface area contributed by atoms with Gasteiger partial charge < -0.3 is 5.32 Å². The van der Waals surface area contributed by atoms with E-state index in [2.05, 4.69) is 27.6 Å². The van der Waals surface area contributed by atoms with Crippen LogP contribution in [-0.2, 0) is 5.75 Å². The SMILES string of the molecule is CNc1cc(C2CCCC2)nc(CSC)n1. The van der Waals surface area contributed by atoms with E-state index in [-0.39, 0.29) is 0 Å². The number of thioether (sulfide) groups is 1. The van der Waals surface area contributed by atoms with E-state index in [9.17, 15) is 0 Å². The number of nitrogens with one attached hydrogen (secondary N) is 1. The largest absolute Gasteiger partial charge is 0.373 e. The highest BCUT2D eigenvalue weighted by molar-refractivity contribution is 7.97. The molecule has 4 heteroatoms. The third-order valence-corrected chi connectivity index (χ3v) is 3.64. The van der Waals surface area contributed by atoms with Crippen LogP contribution < -0.4 is 5.32 Å². The third-order valence-electron chi connectivity index (χ3n) is 3.10. The quantitative estimate of drug-likeness (QED) is 0.873. The zero-order valence-electron chi connectivity index (χ0n) is 9.99. The van der Waals surface area contributed by atoms with Gasteiger partial charge in [0.1, 0.15) is 11.6 Å². The summed E-state index contributed by atoms with van der Waals surface area (Å²) >= 11 is 1.77. The second kappa shape index (κ2) is 5.53. The van der Waals surface area contributed by atoms with Gasteiger partial charge in [0.25, 0.3) is 0 Å². The van der Waals surface area contributed by atoms with Crippen molar-refractivity contribution in [3.63, 3.8) is 0 Å². The maximum Gasteiger partial charge on any atom is 0.140 e. The van der Waals surface area contributed by atoms with Crippen molar-refractivity contribution in [2.75, 3.05) is 18.6 Å². The number of aromatic nitrogens is 2. The van der Waals surface area contributed by atoms with Gasteiger partial charge in [0, 0.05) is 24.7 Å².